The van der Waals surface area contributed by atoms with Crippen LogP contribution in [0.5, 0.6) is 0 Å². The smallest absolute Gasteiger partial charge is 0.250 e. The third-order valence-corrected chi connectivity index (χ3v) is 6.82. The van der Waals surface area contributed by atoms with Crippen LogP contribution in [0.15, 0.2) is 68.5 Å². The molecule has 9 heteroatoms. The van der Waals surface area contributed by atoms with Crippen molar-refractivity contribution in [2.75, 3.05) is 5.75 Å². The zero-order valence-electron chi connectivity index (χ0n) is 14.8. The van der Waals surface area contributed by atoms with Crippen LogP contribution in [-0.2, 0) is 4.79 Å². The Labute approximate surface area is 184 Å². The van der Waals surface area contributed by atoms with Gasteiger partial charge in [-0.3, -0.25) is 4.79 Å². The number of thioether (sulfide) groups is 1. The topological polar surface area (TPSA) is 67.5 Å². The zero-order chi connectivity index (χ0) is 20.2. The lowest BCUT2D eigenvalue weighted by atomic mass is 10.2. The highest BCUT2D eigenvalue weighted by atomic mass is 35.5. The fourth-order valence-electron chi connectivity index (χ4n) is 2.50. The molecule has 2 aromatic heterocycles. The Balaban J connectivity index is 1.32. The van der Waals surface area contributed by atoms with Crippen LogP contribution in [0.2, 0.25) is 10.0 Å². The Bertz CT molecular complexity index is 1170. The third kappa shape index (κ3) is 4.82. The average molecular weight is 462 g/mol. The molecular weight excluding hydrogens is 449 g/mol. The number of halogens is 2. The van der Waals surface area contributed by atoms with Gasteiger partial charge in [-0.15, -0.1) is 11.3 Å². The number of hydrogen-bond donors (Lipinski definition) is 1. The predicted octanol–water partition coefficient (Wildman–Crippen LogP) is 6.11. The number of para-hydroxylation sites is 1. The number of fused-ring (bicyclic) bond motifs is 1. The van der Waals surface area contributed by atoms with Gasteiger partial charge in [0.25, 0.3) is 5.91 Å². The summed E-state index contributed by atoms with van der Waals surface area (Å²) in [6.45, 7) is 0. The van der Waals surface area contributed by atoms with Gasteiger partial charge in [-0.2, -0.15) is 5.10 Å². The fraction of sp³-hybridized carbons (Fsp3) is 0.0500. The standard InChI is InChI=1S/C20H13Cl2N3O2S2/c21-14-5-3-4-13(19(14)22)16-9-8-12(27-16)10-23-25-18(26)11-28-20-24-15-6-1-2-7-17(15)29-20/h1-10H,11H2,(H,25,26)/b23-10+. The summed E-state index contributed by atoms with van der Waals surface area (Å²) in [4.78, 5) is 16.5. The van der Waals surface area contributed by atoms with Crippen molar-refractivity contribution in [3.63, 3.8) is 0 Å². The second-order valence-corrected chi connectivity index (χ2v) is 8.87. The summed E-state index contributed by atoms with van der Waals surface area (Å²) in [6.07, 6.45) is 1.43. The molecule has 0 atom stereocenters. The number of hydrazone groups is 1. The van der Waals surface area contributed by atoms with E-state index in [0.29, 0.717) is 27.1 Å². The molecule has 0 bridgehead atoms. The first kappa shape index (κ1) is 20.0. The maximum atomic E-state index is 12.0. The van der Waals surface area contributed by atoms with E-state index in [-0.39, 0.29) is 11.7 Å². The van der Waals surface area contributed by atoms with Crippen LogP contribution in [-0.4, -0.2) is 22.9 Å². The van der Waals surface area contributed by atoms with E-state index >= 15 is 0 Å². The normalized spacial score (nSPS) is 11.4. The van der Waals surface area contributed by atoms with Crippen LogP contribution in [0.4, 0.5) is 0 Å². The lowest BCUT2D eigenvalue weighted by Gasteiger charge is -2.01. The van der Waals surface area contributed by atoms with Crippen LogP contribution < -0.4 is 5.43 Å². The number of rotatable bonds is 6. The number of carbonyl (C=O) groups excluding carboxylic acids is 1. The summed E-state index contributed by atoms with van der Waals surface area (Å²) in [5.41, 5.74) is 4.11. The van der Waals surface area contributed by atoms with Gasteiger partial charge in [0.2, 0.25) is 0 Å². The monoisotopic (exact) mass is 461 g/mol. The molecule has 0 unspecified atom stereocenters. The van der Waals surface area contributed by atoms with Gasteiger partial charge in [0.1, 0.15) is 11.5 Å². The third-order valence-electron chi connectivity index (χ3n) is 3.83. The molecule has 2 heterocycles. The molecule has 0 spiro atoms. The van der Waals surface area contributed by atoms with Crippen molar-refractivity contribution in [2.24, 2.45) is 5.10 Å². The van der Waals surface area contributed by atoms with Gasteiger partial charge in [-0.25, -0.2) is 10.4 Å². The minimum absolute atomic E-state index is 0.221. The largest absolute Gasteiger partial charge is 0.455 e. The summed E-state index contributed by atoms with van der Waals surface area (Å²) in [6, 6.07) is 16.7. The van der Waals surface area contributed by atoms with E-state index in [1.807, 2.05) is 30.3 Å². The van der Waals surface area contributed by atoms with Crippen LogP contribution in [0.3, 0.4) is 0 Å². The molecule has 0 saturated carbocycles. The molecule has 0 aliphatic carbocycles. The molecule has 146 valence electrons. The Hall–Kier alpha value is -2.32. The van der Waals surface area contributed by atoms with Crippen molar-refractivity contribution in [1.29, 1.82) is 0 Å². The number of aromatic nitrogens is 1. The molecule has 0 saturated heterocycles. The minimum Gasteiger partial charge on any atom is -0.455 e. The van der Waals surface area contributed by atoms with Crippen molar-refractivity contribution < 1.29 is 9.21 Å². The maximum Gasteiger partial charge on any atom is 0.250 e. The van der Waals surface area contributed by atoms with Gasteiger partial charge in [0.15, 0.2) is 4.34 Å². The Kier molecular flexibility index (Phi) is 6.20. The summed E-state index contributed by atoms with van der Waals surface area (Å²) in [5, 5.41) is 4.81. The number of hydrogen-bond acceptors (Lipinski definition) is 6. The van der Waals surface area contributed by atoms with Crippen LogP contribution >= 0.6 is 46.3 Å². The number of carbonyl (C=O) groups is 1. The van der Waals surface area contributed by atoms with Crippen LogP contribution in [0, 0.1) is 0 Å². The average Bonchev–Trinajstić information content (AvgIpc) is 3.35. The van der Waals surface area contributed by atoms with Crippen LogP contribution in [0.25, 0.3) is 21.5 Å². The molecule has 4 aromatic rings. The summed E-state index contributed by atoms with van der Waals surface area (Å²) in [7, 11) is 0. The highest BCUT2D eigenvalue weighted by molar-refractivity contribution is 8.01. The highest BCUT2D eigenvalue weighted by Gasteiger charge is 2.11. The lowest BCUT2D eigenvalue weighted by Crippen LogP contribution is -2.19. The van der Waals surface area contributed by atoms with E-state index in [1.54, 1.807) is 35.6 Å². The van der Waals surface area contributed by atoms with Gasteiger partial charge < -0.3 is 4.42 Å². The van der Waals surface area contributed by atoms with Gasteiger partial charge in [0, 0.05) is 5.56 Å². The van der Waals surface area contributed by atoms with E-state index in [1.165, 1.54) is 18.0 Å². The zero-order valence-corrected chi connectivity index (χ0v) is 17.9. The van der Waals surface area contributed by atoms with E-state index in [0.717, 1.165) is 14.6 Å². The Morgan fingerprint density at radius 2 is 2.03 bits per heavy atom. The number of nitrogens with zero attached hydrogens (tertiary/aromatic N) is 2. The van der Waals surface area contributed by atoms with Gasteiger partial charge in [-0.1, -0.05) is 53.2 Å². The number of amides is 1. The first-order chi connectivity index (χ1) is 14.1. The maximum absolute atomic E-state index is 12.0. The molecule has 0 radical (unpaired) electrons. The predicted molar refractivity (Wildman–Crippen MR) is 120 cm³/mol. The van der Waals surface area contributed by atoms with Crippen molar-refractivity contribution in [3.8, 4) is 11.3 Å². The summed E-state index contributed by atoms with van der Waals surface area (Å²) in [5.74, 6) is 1.04. The van der Waals surface area contributed by atoms with Crippen molar-refractivity contribution in [1.82, 2.24) is 10.4 Å². The van der Waals surface area contributed by atoms with Gasteiger partial charge in [0.05, 0.1) is 32.2 Å². The van der Waals surface area contributed by atoms with Gasteiger partial charge in [-0.05, 0) is 36.4 Å². The van der Waals surface area contributed by atoms with Crippen molar-refractivity contribution >= 4 is 68.6 Å². The second kappa shape index (κ2) is 9.00. The molecule has 1 amide bonds. The lowest BCUT2D eigenvalue weighted by molar-refractivity contribution is -0.118. The fourth-order valence-corrected chi connectivity index (χ4v) is 4.76. The van der Waals surface area contributed by atoms with E-state index in [2.05, 4.69) is 15.5 Å². The van der Waals surface area contributed by atoms with E-state index in [9.17, 15) is 4.79 Å². The highest BCUT2D eigenvalue weighted by Crippen LogP contribution is 2.34. The second-order valence-electron chi connectivity index (χ2n) is 5.83. The molecule has 29 heavy (non-hydrogen) atoms. The first-order valence-electron chi connectivity index (χ1n) is 8.44. The molecule has 4 rings (SSSR count). The Morgan fingerprint density at radius 3 is 2.90 bits per heavy atom. The first-order valence-corrected chi connectivity index (χ1v) is 11.0. The number of benzene rings is 2. The molecule has 1 N–H and O–H groups in total. The van der Waals surface area contributed by atoms with Crippen molar-refractivity contribution in [2.45, 2.75) is 4.34 Å². The van der Waals surface area contributed by atoms with E-state index < -0.39 is 0 Å². The van der Waals surface area contributed by atoms with E-state index in [4.69, 9.17) is 27.6 Å². The molecular formula is C20H13Cl2N3O2S2. The summed E-state index contributed by atoms with van der Waals surface area (Å²) < 4.78 is 7.64. The number of furan rings is 1. The number of thiazole rings is 1. The quantitative estimate of drug-likeness (QED) is 0.213. The molecule has 5 nitrogen and oxygen atoms in total. The molecule has 0 aliphatic rings. The minimum atomic E-state index is -0.227. The van der Waals surface area contributed by atoms with Crippen LogP contribution in [0.1, 0.15) is 5.76 Å². The number of nitrogens with one attached hydrogen (secondary N) is 1. The molecule has 2 aromatic carbocycles. The molecule has 0 aliphatic heterocycles. The van der Waals surface area contributed by atoms with Gasteiger partial charge >= 0.3 is 0 Å². The van der Waals surface area contributed by atoms with Crippen molar-refractivity contribution in [3.05, 3.63) is 70.4 Å². The summed E-state index contributed by atoms with van der Waals surface area (Å²) >= 11 is 15.2. The SMILES string of the molecule is O=C(CSc1nc2ccccc2s1)N/N=C/c1ccc(-c2cccc(Cl)c2Cl)o1. The Morgan fingerprint density at radius 1 is 1.17 bits per heavy atom. The molecule has 0 fully saturated rings.